The van der Waals surface area contributed by atoms with E-state index in [9.17, 15) is 57.8 Å². The molecule has 3 rings (SSSR count). The van der Waals surface area contributed by atoms with Gasteiger partial charge in [0.25, 0.3) is 0 Å². The van der Waals surface area contributed by atoms with E-state index in [-0.39, 0.29) is 97.2 Å². The number of Topliss-reactive ketones (excluding diaryl/α,β-unsaturated/α-hetero) is 2. The molecule has 0 aliphatic carbocycles. The molecule has 0 radical (unpaired) electrons. The number of ether oxygens (including phenoxy) is 13. The number of hydroxylamine groups is 2. The topological polar surface area (TPSA) is 581 Å². The summed E-state index contributed by atoms with van der Waals surface area (Å²) in [6.45, 7) is 18.7. The number of carbonyl (C=O) groups is 11. The van der Waals surface area contributed by atoms with Crippen LogP contribution in [0.3, 0.4) is 0 Å². The number of nitrogens with two attached hydrogens (primary N) is 5. The van der Waals surface area contributed by atoms with E-state index in [0.29, 0.717) is 196 Å². The zero-order valence-corrected chi connectivity index (χ0v) is 73.3. The zero-order chi connectivity index (χ0) is 92.0. The minimum atomic E-state index is -1.14. The van der Waals surface area contributed by atoms with Crippen molar-refractivity contribution < 1.29 is 134 Å². The molecule has 0 aromatic heterocycles. The average Bonchev–Trinajstić information content (AvgIpc) is 0.923. The molecule has 40 nitrogen and oxygen atoms in total. The molecule has 0 spiro atoms. The molecular weight excluding hydrogens is 1640 g/mol. The zero-order valence-electron chi connectivity index (χ0n) is 73.3. The first-order chi connectivity index (χ1) is 59.5. The third-order valence-electron chi connectivity index (χ3n) is 16.0. The van der Waals surface area contributed by atoms with Crippen molar-refractivity contribution >= 4 is 65.8 Å². The maximum Gasteiger partial charge on any atom is 0.431 e. The average molecular weight is 1780 g/mol. The lowest BCUT2D eigenvalue weighted by Crippen LogP contribution is -2.42. The van der Waals surface area contributed by atoms with Gasteiger partial charge in [0.2, 0.25) is 11.8 Å². The molecule has 0 aliphatic rings. The lowest BCUT2D eigenvalue weighted by Gasteiger charge is -2.19. The van der Waals surface area contributed by atoms with Crippen molar-refractivity contribution in [2.24, 2.45) is 28.7 Å². The Kier molecular flexibility index (Phi) is 74.6. The Bertz CT molecular complexity index is 3260. The minimum absolute atomic E-state index is 0. The van der Waals surface area contributed by atoms with Gasteiger partial charge in [0.05, 0.1) is 105 Å². The van der Waals surface area contributed by atoms with E-state index < -0.39 is 83.7 Å². The van der Waals surface area contributed by atoms with Gasteiger partial charge in [-0.1, -0.05) is 105 Å². The summed E-state index contributed by atoms with van der Waals surface area (Å²) in [5, 5.41) is 31.0. The number of carboxylic acids is 2. The van der Waals surface area contributed by atoms with E-state index in [1.54, 1.807) is 53.7 Å². The summed E-state index contributed by atoms with van der Waals surface area (Å²) in [5.74, 6) is -2.83. The van der Waals surface area contributed by atoms with Crippen LogP contribution in [0.25, 0.3) is 0 Å². The summed E-state index contributed by atoms with van der Waals surface area (Å²) in [6.07, 6.45) is 5.71. The Morgan fingerprint density at radius 3 is 1.10 bits per heavy atom. The number of ketones is 2. The van der Waals surface area contributed by atoms with E-state index in [0.717, 1.165) is 29.5 Å². The Labute approximate surface area is 736 Å². The van der Waals surface area contributed by atoms with Gasteiger partial charge >= 0.3 is 42.4 Å². The molecule has 0 saturated carbocycles. The fourth-order valence-corrected chi connectivity index (χ4v) is 9.81. The van der Waals surface area contributed by atoms with Crippen LogP contribution in [0.5, 0.6) is 0 Å². The number of benzene rings is 3. The van der Waals surface area contributed by atoms with Crippen molar-refractivity contribution in [1.82, 2.24) is 37.5 Å². The van der Waals surface area contributed by atoms with Crippen molar-refractivity contribution in [2.45, 2.75) is 207 Å². The summed E-state index contributed by atoms with van der Waals surface area (Å²) in [5.41, 5.74) is 33.1. The van der Waals surface area contributed by atoms with Crippen molar-refractivity contribution in [3.63, 3.8) is 0 Å². The Hall–Kier alpha value is -9.37. The smallest absolute Gasteiger partial charge is 0.431 e. The van der Waals surface area contributed by atoms with Crippen LogP contribution < -0.4 is 66.2 Å². The fourth-order valence-electron chi connectivity index (χ4n) is 9.81. The second-order valence-corrected chi connectivity index (χ2v) is 29.3. The highest BCUT2D eigenvalue weighted by atomic mass is 16.7. The molecule has 714 valence electrons. The van der Waals surface area contributed by atoms with Crippen LogP contribution in [0.2, 0.25) is 0 Å². The maximum atomic E-state index is 12.9. The van der Waals surface area contributed by atoms with Crippen molar-refractivity contribution in [3.8, 4) is 0 Å². The van der Waals surface area contributed by atoms with Crippen LogP contribution in [0.15, 0.2) is 91.0 Å². The number of carbonyl (C=O) groups excluding carboxylic acids is 9. The normalized spacial score (nSPS) is 11.8. The summed E-state index contributed by atoms with van der Waals surface area (Å²) >= 11 is 0. The molecule has 0 bridgehead atoms. The molecule has 7 amide bonds. The molecule has 40 heteroatoms. The standard InChI is InChI=1S/C30H59N5O12.C22H26N2O6.C18H37N3O6.C14H20N2O4.CH4/c1-30(2,3)47-29(39)35-46-22-21-43-16-15-40-12-6-8-26(36)25(34-28(38)24-45-20-18-42-14-10-32)7-4-5-11-33-27(37)23-44-19-17-41-13-9-31;25-20(26)19(24-22(28)30-16-18-11-5-2-6-12-18)13-7-8-14-23-21(27)29-15-17-9-3-1-4-10-17;1-18(2,3)27-17(23)21-26-14-13-25-12-11-24-10-6-8-16(22)15(20)7-4-5-9-19;15-12(13(17)18)8-4-5-9-16-14(19)20-10-11-6-2-1-3-7-11;/h25H,4-24,31-32H2,1-3H3,(H,33,37)(H,34,38)(H,35,39);1-6,9-12,19H,7-8,13-16H2,(H,23,27)(H,24,28)(H,25,26);15H,4-14,19-20H2,1-3H3,(H,21,23);1-3,6-7,12H,4-5,8-10,15H2,(H,16,19)(H,17,18);1H4/t25-;19-;15-;12-;/m1111./s1. The summed E-state index contributed by atoms with van der Waals surface area (Å²) in [6, 6.07) is 24.8. The van der Waals surface area contributed by atoms with Gasteiger partial charge in [-0.2, -0.15) is 11.0 Å². The minimum Gasteiger partial charge on any atom is -0.480 e. The largest absolute Gasteiger partial charge is 0.480 e. The molecule has 3 aromatic rings. The number of hydrogen-bond donors (Lipinski definition) is 14. The number of hydrogen-bond acceptors (Lipinski definition) is 31. The number of aliphatic carboxylic acids is 2. The second kappa shape index (κ2) is 79.3. The van der Waals surface area contributed by atoms with Gasteiger partial charge in [0, 0.05) is 58.8 Å². The van der Waals surface area contributed by atoms with E-state index >= 15 is 0 Å². The van der Waals surface area contributed by atoms with Gasteiger partial charge in [-0.3, -0.25) is 33.6 Å². The molecule has 0 unspecified atom stereocenters. The number of unbranched alkanes of at least 4 members (excludes halogenated alkanes) is 4. The molecule has 4 atom stereocenters. The predicted molar refractivity (Wildman–Crippen MR) is 464 cm³/mol. The number of carboxylic acid groups (broad SMARTS) is 2. The molecule has 0 heterocycles. The third-order valence-corrected chi connectivity index (χ3v) is 16.0. The van der Waals surface area contributed by atoms with Crippen LogP contribution in [-0.4, -0.2) is 270 Å². The first-order valence-corrected chi connectivity index (χ1v) is 41.9. The predicted octanol–water partition coefficient (Wildman–Crippen LogP) is 6.46. The highest BCUT2D eigenvalue weighted by Gasteiger charge is 2.24. The summed E-state index contributed by atoms with van der Waals surface area (Å²) in [4.78, 5) is 138. The van der Waals surface area contributed by atoms with Gasteiger partial charge in [-0.25, -0.2) is 28.8 Å². The van der Waals surface area contributed by atoms with Gasteiger partial charge in [0.15, 0.2) is 5.78 Å². The molecule has 125 heavy (non-hydrogen) atoms. The Balaban J connectivity index is 0. The van der Waals surface area contributed by atoms with E-state index in [2.05, 4.69) is 37.5 Å². The van der Waals surface area contributed by atoms with Crippen molar-refractivity contribution in [2.75, 3.05) is 158 Å². The molecule has 0 fully saturated rings. The summed E-state index contributed by atoms with van der Waals surface area (Å²) < 4.78 is 67.8. The third kappa shape index (κ3) is 77.9. The molecule has 19 N–H and O–H groups in total. The lowest BCUT2D eigenvalue weighted by molar-refractivity contribution is -0.140. The van der Waals surface area contributed by atoms with Crippen LogP contribution in [0, 0.1) is 0 Å². The van der Waals surface area contributed by atoms with E-state index in [4.69, 9.17) is 105 Å². The number of alkyl carbamates (subject to hydrolysis) is 3. The first-order valence-electron chi connectivity index (χ1n) is 41.9. The molecule has 0 aliphatic heterocycles. The van der Waals surface area contributed by atoms with Gasteiger partial charge in [0.1, 0.15) is 62.1 Å². The highest BCUT2D eigenvalue weighted by Crippen LogP contribution is 2.12. The first kappa shape index (κ1) is 118. The monoisotopic (exact) mass is 1780 g/mol. The number of nitrogens with one attached hydrogen (secondary N) is 7. The number of amides is 7. The van der Waals surface area contributed by atoms with Crippen molar-refractivity contribution in [1.29, 1.82) is 0 Å². The molecule has 0 saturated heterocycles. The van der Waals surface area contributed by atoms with Crippen LogP contribution >= 0.6 is 0 Å². The Morgan fingerprint density at radius 2 is 0.696 bits per heavy atom. The quantitative estimate of drug-likeness (QED) is 0.0164. The van der Waals surface area contributed by atoms with Crippen LogP contribution in [-0.2, 0) is 120 Å². The molecular formula is C85H146N12O28. The SMILES string of the molecule is C.CC(C)(C)OC(=O)NOCCOCCOCCCC(=O)[C@@H](CCCCNC(=O)COCCOCCN)NC(=O)COCCOCCN.CC(C)(C)OC(=O)NOCCOCCOCCCC(=O)[C@H](N)CCCCN.N[C@H](CCCCNC(=O)OCc1ccccc1)C(=O)O.O=C(NCCCC[C@@H](NC(=O)OCc1ccccc1)C(=O)O)OCc1ccccc1. The second-order valence-electron chi connectivity index (χ2n) is 29.3. The van der Waals surface area contributed by atoms with Gasteiger partial charge < -0.3 is 127 Å². The van der Waals surface area contributed by atoms with Gasteiger partial charge in [-0.15, -0.1) is 0 Å². The lowest BCUT2D eigenvalue weighted by atomic mass is 10.0. The van der Waals surface area contributed by atoms with Crippen LogP contribution in [0.4, 0.5) is 24.0 Å². The van der Waals surface area contributed by atoms with E-state index in [1.165, 1.54) is 0 Å². The number of rotatable bonds is 67. The Morgan fingerprint density at radius 1 is 0.344 bits per heavy atom. The van der Waals surface area contributed by atoms with Crippen LogP contribution in [0.1, 0.15) is 168 Å². The molecule has 3 aromatic carbocycles. The van der Waals surface area contributed by atoms with E-state index in [1.807, 2.05) is 78.9 Å². The van der Waals surface area contributed by atoms with Crippen molar-refractivity contribution in [3.05, 3.63) is 108 Å². The maximum absolute atomic E-state index is 12.9. The van der Waals surface area contributed by atoms with Gasteiger partial charge in [-0.05, 0) is 148 Å². The fraction of sp³-hybridized carbons (Fsp3) is 0.659. The highest BCUT2D eigenvalue weighted by molar-refractivity contribution is 5.89. The summed E-state index contributed by atoms with van der Waals surface area (Å²) in [7, 11) is 0.